The molecule has 0 fully saturated rings. The fourth-order valence-electron chi connectivity index (χ4n) is 8.53. The summed E-state index contributed by atoms with van der Waals surface area (Å²) in [5, 5.41) is 5.11. The highest BCUT2D eigenvalue weighted by Crippen LogP contribution is 2.45. The van der Waals surface area contributed by atoms with E-state index in [0.29, 0.717) is 0 Å². The van der Waals surface area contributed by atoms with Crippen molar-refractivity contribution >= 4 is 53.3 Å². The van der Waals surface area contributed by atoms with Crippen molar-refractivity contribution in [1.82, 2.24) is 4.57 Å². The Kier molecular flexibility index (Phi) is 7.75. The molecule has 56 heavy (non-hydrogen) atoms. The first-order chi connectivity index (χ1) is 27.8. The third-order valence-corrected chi connectivity index (χ3v) is 12.5. The fourth-order valence-corrected chi connectivity index (χ4v) is 9.90. The van der Waals surface area contributed by atoms with Gasteiger partial charge in [0.25, 0.3) is 0 Å². The summed E-state index contributed by atoms with van der Waals surface area (Å²) >= 11 is 1.91. The lowest BCUT2D eigenvalue weighted by molar-refractivity contribution is 1.18. The third kappa shape index (κ3) is 5.46. The Morgan fingerprint density at radius 2 is 0.732 bits per heavy atom. The van der Waals surface area contributed by atoms with Gasteiger partial charge in [0.05, 0.1) is 11.0 Å². The summed E-state index contributed by atoms with van der Waals surface area (Å²) in [6.07, 6.45) is 0. The van der Waals surface area contributed by atoms with Crippen LogP contribution in [0.15, 0.2) is 212 Å². The average Bonchev–Trinajstić information content (AvgIpc) is 3.83. The highest BCUT2D eigenvalue weighted by Gasteiger charge is 2.17. The molecule has 0 aliphatic rings. The van der Waals surface area contributed by atoms with E-state index in [-0.39, 0.29) is 0 Å². The van der Waals surface area contributed by atoms with Crippen molar-refractivity contribution in [2.45, 2.75) is 0 Å². The van der Waals surface area contributed by atoms with E-state index >= 15 is 0 Å². The van der Waals surface area contributed by atoms with Gasteiger partial charge in [0.15, 0.2) is 0 Å². The molecule has 0 atom stereocenters. The largest absolute Gasteiger partial charge is 0.309 e. The second-order valence-corrected chi connectivity index (χ2v) is 15.5. The molecule has 2 aromatic heterocycles. The van der Waals surface area contributed by atoms with Gasteiger partial charge in [-0.05, 0) is 110 Å². The second kappa shape index (κ2) is 13.4. The molecular formula is C54H35NS. The van der Waals surface area contributed by atoms with E-state index in [1.165, 1.54) is 103 Å². The van der Waals surface area contributed by atoms with E-state index in [4.69, 9.17) is 0 Å². The summed E-state index contributed by atoms with van der Waals surface area (Å²) in [4.78, 5) is 0. The number of thiophene rings is 1. The van der Waals surface area contributed by atoms with Crippen molar-refractivity contribution in [2.75, 3.05) is 0 Å². The van der Waals surface area contributed by atoms with Gasteiger partial charge in [-0.15, -0.1) is 11.3 Å². The topological polar surface area (TPSA) is 4.93 Å². The van der Waals surface area contributed by atoms with E-state index in [9.17, 15) is 0 Å². The Hall–Kier alpha value is -7.00. The normalized spacial score (nSPS) is 11.6. The zero-order chi connectivity index (χ0) is 37.0. The molecular weight excluding hydrogens is 695 g/mol. The summed E-state index contributed by atoms with van der Waals surface area (Å²) in [6.45, 7) is 0. The molecule has 262 valence electrons. The smallest absolute Gasteiger partial charge is 0.0541 e. The van der Waals surface area contributed by atoms with Crippen LogP contribution in [0.5, 0.6) is 0 Å². The Bertz CT molecular complexity index is 3230. The number of hydrogen-bond acceptors (Lipinski definition) is 1. The molecule has 0 saturated heterocycles. The SMILES string of the molecule is c1ccc(-c2cccc(-c3cc(-c4ccc5c(c4)c4ccccc4n5-c4ccccc4)cc(-c4cccc5c4sc4c(-c6ccccc6)cccc45)c3)c2)cc1. The summed E-state index contributed by atoms with van der Waals surface area (Å²) in [5.74, 6) is 0. The lowest BCUT2D eigenvalue weighted by Crippen LogP contribution is -1.93. The van der Waals surface area contributed by atoms with Gasteiger partial charge < -0.3 is 4.57 Å². The zero-order valence-corrected chi connectivity index (χ0v) is 31.4. The maximum Gasteiger partial charge on any atom is 0.0541 e. The minimum atomic E-state index is 1.17. The minimum absolute atomic E-state index is 1.17. The van der Waals surface area contributed by atoms with Gasteiger partial charge >= 0.3 is 0 Å². The van der Waals surface area contributed by atoms with E-state index < -0.39 is 0 Å². The van der Waals surface area contributed by atoms with Crippen molar-refractivity contribution in [1.29, 1.82) is 0 Å². The fraction of sp³-hybridized carbons (Fsp3) is 0. The van der Waals surface area contributed by atoms with Crippen molar-refractivity contribution in [3.05, 3.63) is 212 Å². The average molecular weight is 730 g/mol. The van der Waals surface area contributed by atoms with Gasteiger partial charge in [0.1, 0.15) is 0 Å². The van der Waals surface area contributed by atoms with Crippen molar-refractivity contribution in [3.8, 4) is 61.3 Å². The Balaban J connectivity index is 1.14. The standard InChI is InChI=1S/C54H35NS/c1-4-15-36(16-5-1)38-19-12-20-39(31-38)41-32-42(40-29-30-52-50(35-40)47-23-10-11-28-51(47)55(52)44-21-8-3-9-22-44)34-43(33-41)46-25-14-27-49-48-26-13-24-45(53(48)56-54(46)49)37-17-6-2-7-18-37/h1-35H. The maximum atomic E-state index is 2.40. The highest BCUT2D eigenvalue weighted by molar-refractivity contribution is 7.26. The predicted octanol–water partition coefficient (Wildman–Crippen LogP) is 15.5. The van der Waals surface area contributed by atoms with Gasteiger partial charge in [0, 0.05) is 36.6 Å². The first-order valence-corrected chi connectivity index (χ1v) is 20.0. The monoisotopic (exact) mass is 729 g/mol. The van der Waals surface area contributed by atoms with Crippen molar-refractivity contribution in [3.63, 3.8) is 0 Å². The zero-order valence-electron chi connectivity index (χ0n) is 30.6. The van der Waals surface area contributed by atoms with Crippen LogP contribution in [0.2, 0.25) is 0 Å². The molecule has 11 rings (SSSR count). The van der Waals surface area contributed by atoms with Crippen molar-refractivity contribution in [2.24, 2.45) is 0 Å². The lowest BCUT2D eigenvalue weighted by atomic mass is 9.91. The molecule has 1 nitrogen and oxygen atoms in total. The predicted molar refractivity (Wildman–Crippen MR) is 241 cm³/mol. The molecule has 0 N–H and O–H groups in total. The Morgan fingerprint density at radius 3 is 1.43 bits per heavy atom. The van der Waals surface area contributed by atoms with Gasteiger partial charge in [-0.25, -0.2) is 0 Å². The lowest BCUT2D eigenvalue weighted by Gasteiger charge is -2.13. The minimum Gasteiger partial charge on any atom is -0.309 e. The van der Waals surface area contributed by atoms with E-state index in [1.807, 2.05) is 11.3 Å². The number of para-hydroxylation sites is 2. The Labute approximate surface area is 330 Å². The molecule has 11 aromatic rings. The van der Waals surface area contributed by atoms with E-state index in [0.717, 1.165) is 0 Å². The molecule has 0 spiro atoms. The summed E-state index contributed by atoms with van der Waals surface area (Å²) < 4.78 is 5.03. The molecule has 9 aromatic carbocycles. The van der Waals surface area contributed by atoms with Crippen LogP contribution in [-0.2, 0) is 0 Å². The maximum absolute atomic E-state index is 2.40. The van der Waals surface area contributed by atoms with Crippen LogP contribution in [0.4, 0.5) is 0 Å². The number of hydrogen-bond donors (Lipinski definition) is 0. The number of benzene rings is 9. The van der Waals surface area contributed by atoms with Crippen LogP contribution in [0.3, 0.4) is 0 Å². The van der Waals surface area contributed by atoms with E-state index in [2.05, 4.69) is 217 Å². The number of fused-ring (bicyclic) bond motifs is 6. The number of aromatic nitrogens is 1. The second-order valence-electron chi connectivity index (χ2n) is 14.5. The van der Waals surface area contributed by atoms with Crippen LogP contribution >= 0.6 is 11.3 Å². The summed E-state index contributed by atoms with van der Waals surface area (Å²) in [6, 6.07) is 77.6. The van der Waals surface area contributed by atoms with Crippen LogP contribution < -0.4 is 0 Å². The Morgan fingerprint density at radius 1 is 0.268 bits per heavy atom. The molecule has 0 saturated carbocycles. The molecule has 0 aliphatic carbocycles. The number of nitrogens with zero attached hydrogens (tertiary/aromatic N) is 1. The summed E-state index contributed by atoms with van der Waals surface area (Å²) in [7, 11) is 0. The van der Waals surface area contributed by atoms with Gasteiger partial charge in [-0.1, -0.05) is 158 Å². The molecule has 0 aliphatic heterocycles. The molecule has 0 bridgehead atoms. The van der Waals surface area contributed by atoms with Gasteiger partial charge in [-0.2, -0.15) is 0 Å². The number of rotatable bonds is 6. The van der Waals surface area contributed by atoms with E-state index in [1.54, 1.807) is 0 Å². The van der Waals surface area contributed by atoms with Gasteiger partial charge in [-0.3, -0.25) is 0 Å². The first kappa shape index (κ1) is 32.4. The summed E-state index contributed by atoms with van der Waals surface area (Å²) in [5.41, 5.74) is 15.8. The van der Waals surface area contributed by atoms with Crippen LogP contribution in [0.25, 0.3) is 103 Å². The van der Waals surface area contributed by atoms with Crippen LogP contribution in [0, 0.1) is 0 Å². The van der Waals surface area contributed by atoms with Crippen LogP contribution in [0.1, 0.15) is 0 Å². The first-order valence-electron chi connectivity index (χ1n) is 19.2. The molecule has 0 unspecified atom stereocenters. The highest BCUT2D eigenvalue weighted by atomic mass is 32.1. The molecule has 0 radical (unpaired) electrons. The quantitative estimate of drug-likeness (QED) is 0.161. The van der Waals surface area contributed by atoms with Crippen LogP contribution in [-0.4, -0.2) is 4.57 Å². The third-order valence-electron chi connectivity index (χ3n) is 11.2. The molecule has 2 heteroatoms. The molecule has 2 heterocycles. The van der Waals surface area contributed by atoms with Gasteiger partial charge in [0.2, 0.25) is 0 Å². The molecule has 0 amide bonds. The van der Waals surface area contributed by atoms with Crippen molar-refractivity contribution < 1.29 is 0 Å².